The van der Waals surface area contributed by atoms with Crippen LogP contribution in [0.15, 0.2) is 18.2 Å². The summed E-state index contributed by atoms with van der Waals surface area (Å²) < 4.78 is 30.6. The van der Waals surface area contributed by atoms with Crippen LogP contribution < -0.4 is 14.8 Å². The minimum absolute atomic E-state index is 0.122. The molecule has 0 aliphatic heterocycles. The van der Waals surface area contributed by atoms with Gasteiger partial charge in [0.25, 0.3) is 5.91 Å². The smallest absolute Gasteiger partial charge is 0.256 e. The van der Waals surface area contributed by atoms with Crippen molar-refractivity contribution in [3.8, 4) is 5.75 Å². The highest BCUT2D eigenvalue weighted by Crippen LogP contribution is 2.32. The Labute approximate surface area is 112 Å². The zero-order valence-electron chi connectivity index (χ0n) is 10.8. The fourth-order valence-electron chi connectivity index (χ4n) is 1.64. The van der Waals surface area contributed by atoms with Crippen molar-refractivity contribution in [1.29, 1.82) is 0 Å². The van der Waals surface area contributed by atoms with Gasteiger partial charge in [-0.1, -0.05) is 6.07 Å². The Bertz CT molecular complexity index is 594. The number of rotatable bonds is 5. The van der Waals surface area contributed by atoms with Crippen LogP contribution >= 0.6 is 0 Å². The summed E-state index contributed by atoms with van der Waals surface area (Å²) in [6.45, 7) is 0. The van der Waals surface area contributed by atoms with E-state index >= 15 is 0 Å². The molecule has 1 amide bonds. The fourth-order valence-corrected chi connectivity index (χ4v) is 2.21. The number of anilines is 1. The average Bonchev–Trinajstić information content (AvgIpc) is 3.10. The molecule has 1 aromatic rings. The average molecular weight is 284 g/mol. The van der Waals surface area contributed by atoms with Crippen LogP contribution in [-0.2, 0) is 10.0 Å². The lowest BCUT2D eigenvalue weighted by Gasteiger charge is -2.14. The second kappa shape index (κ2) is 5.08. The van der Waals surface area contributed by atoms with Gasteiger partial charge in [0, 0.05) is 7.05 Å². The van der Waals surface area contributed by atoms with Gasteiger partial charge in [0.05, 0.1) is 18.0 Å². The van der Waals surface area contributed by atoms with Crippen molar-refractivity contribution in [2.45, 2.75) is 18.9 Å². The number of carbonyl (C=O) groups is 1. The molecule has 0 unspecified atom stereocenters. The molecule has 1 aliphatic rings. The summed E-state index contributed by atoms with van der Waals surface area (Å²) in [5.41, 5.74) is 0.433. The van der Waals surface area contributed by atoms with Crippen molar-refractivity contribution in [2.75, 3.05) is 18.0 Å². The number of hydrogen-bond acceptors (Lipinski definition) is 4. The normalized spacial score (nSPS) is 14.8. The maximum Gasteiger partial charge on any atom is 0.256 e. The maximum atomic E-state index is 11.9. The van der Waals surface area contributed by atoms with E-state index in [0.29, 0.717) is 5.75 Å². The minimum atomic E-state index is -3.46. The molecule has 2 N–H and O–H groups in total. The fraction of sp³-hybridized carbons (Fsp3) is 0.417. The Balaban J connectivity index is 2.42. The molecule has 6 nitrogen and oxygen atoms in total. The third kappa shape index (κ3) is 3.60. The Morgan fingerprint density at radius 3 is 2.58 bits per heavy atom. The lowest BCUT2D eigenvalue weighted by Crippen LogP contribution is -2.22. The lowest BCUT2D eigenvalue weighted by molar-refractivity contribution is 0.0959. The Hall–Kier alpha value is -1.76. The van der Waals surface area contributed by atoms with E-state index in [1.165, 1.54) is 13.1 Å². The van der Waals surface area contributed by atoms with Gasteiger partial charge in [-0.3, -0.25) is 9.52 Å². The number of nitrogens with one attached hydrogen (secondary N) is 2. The number of hydrogen-bond donors (Lipinski definition) is 2. The summed E-state index contributed by atoms with van der Waals surface area (Å²) in [7, 11) is -1.97. The monoisotopic (exact) mass is 284 g/mol. The molecular formula is C12H16N2O4S. The van der Waals surface area contributed by atoms with Crippen molar-refractivity contribution in [3.63, 3.8) is 0 Å². The maximum absolute atomic E-state index is 11.9. The quantitative estimate of drug-likeness (QED) is 0.843. The van der Waals surface area contributed by atoms with Crippen LogP contribution in [0.25, 0.3) is 0 Å². The first kappa shape index (κ1) is 13.7. The lowest BCUT2D eigenvalue weighted by atomic mass is 10.1. The van der Waals surface area contributed by atoms with E-state index in [4.69, 9.17) is 4.74 Å². The van der Waals surface area contributed by atoms with Crippen molar-refractivity contribution < 1.29 is 17.9 Å². The zero-order valence-corrected chi connectivity index (χ0v) is 11.6. The topological polar surface area (TPSA) is 84.5 Å². The molecular weight excluding hydrogens is 268 g/mol. The Kier molecular flexibility index (Phi) is 3.66. The highest BCUT2D eigenvalue weighted by Gasteiger charge is 2.27. The van der Waals surface area contributed by atoms with Crippen LogP contribution in [0.1, 0.15) is 23.2 Å². The van der Waals surface area contributed by atoms with Gasteiger partial charge >= 0.3 is 0 Å². The third-order valence-corrected chi connectivity index (χ3v) is 3.18. The van der Waals surface area contributed by atoms with Crippen LogP contribution in [0.4, 0.5) is 5.69 Å². The molecule has 0 bridgehead atoms. The first-order chi connectivity index (χ1) is 8.90. The molecule has 1 aliphatic carbocycles. The van der Waals surface area contributed by atoms with E-state index in [1.807, 2.05) is 0 Å². The van der Waals surface area contributed by atoms with Gasteiger partial charge in [-0.15, -0.1) is 0 Å². The molecule has 1 saturated carbocycles. The van der Waals surface area contributed by atoms with Crippen molar-refractivity contribution in [1.82, 2.24) is 5.32 Å². The van der Waals surface area contributed by atoms with Crippen LogP contribution in [0, 0.1) is 0 Å². The second-order valence-electron chi connectivity index (χ2n) is 4.45. The number of carbonyl (C=O) groups excluding carboxylic acids is 1. The van der Waals surface area contributed by atoms with Gasteiger partial charge in [-0.2, -0.15) is 0 Å². The molecule has 1 aromatic carbocycles. The molecule has 0 heterocycles. The zero-order chi connectivity index (χ0) is 14.0. The van der Waals surface area contributed by atoms with Crippen LogP contribution in [0.3, 0.4) is 0 Å². The van der Waals surface area contributed by atoms with E-state index in [-0.39, 0.29) is 23.3 Å². The SMILES string of the molecule is CNC(=O)c1c(NS(C)(=O)=O)cccc1OC1CC1. The molecule has 2 rings (SSSR count). The third-order valence-electron chi connectivity index (χ3n) is 2.59. The molecule has 7 heteroatoms. The molecule has 0 atom stereocenters. The molecule has 0 radical (unpaired) electrons. The number of ether oxygens (including phenoxy) is 1. The van der Waals surface area contributed by atoms with Crippen LogP contribution in [0.2, 0.25) is 0 Å². The van der Waals surface area contributed by atoms with Gasteiger partial charge < -0.3 is 10.1 Å². The van der Waals surface area contributed by atoms with Crippen molar-refractivity contribution >= 4 is 21.6 Å². The van der Waals surface area contributed by atoms with Gasteiger partial charge in [-0.05, 0) is 25.0 Å². The first-order valence-electron chi connectivity index (χ1n) is 5.90. The van der Waals surface area contributed by atoms with Gasteiger partial charge in [-0.25, -0.2) is 8.42 Å². The van der Waals surface area contributed by atoms with Crippen LogP contribution in [-0.4, -0.2) is 33.7 Å². The standard InChI is InChI=1S/C12H16N2O4S/c1-13-12(15)11-9(14-19(2,16)17)4-3-5-10(11)18-8-6-7-8/h3-5,8,14H,6-7H2,1-2H3,(H,13,15). The van der Waals surface area contributed by atoms with E-state index in [1.54, 1.807) is 12.1 Å². The summed E-state index contributed by atoms with van der Waals surface area (Å²) >= 11 is 0. The second-order valence-corrected chi connectivity index (χ2v) is 6.20. The van der Waals surface area contributed by atoms with E-state index in [0.717, 1.165) is 19.1 Å². The van der Waals surface area contributed by atoms with Crippen molar-refractivity contribution in [3.05, 3.63) is 23.8 Å². The molecule has 0 saturated heterocycles. The number of sulfonamides is 1. The minimum Gasteiger partial charge on any atom is -0.490 e. The van der Waals surface area contributed by atoms with Gasteiger partial charge in [0.1, 0.15) is 11.3 Å². The van der Waals surface area contributed by atoms with E-state index in [2.05, 4.69) is 10.0 Å². The van der Waals surface area contributed by atoms with E-state index in [9.17, 15) is 13.2 Å². The van der Waals surface area contributed by atoms with Crippen LogP contribution in [0.5, 0.6) is 5.75 Å². The summed E-state index contributed by atoms with van der Waals surface area (Å²) in [4.78, 5) is 11.9. The van der Waals surface area contributed by atoms with Crippen molar-refractivity contribution in [2.24, 2.45) is 0 Å². The predicted molar refractivity (Wildman–Crippen MR) is 71.9 cm³/mol. The number of amides is 1. The molecule has 0 spiro atoms. The molecule has 0 aromatic heterocycles. The number of benzene rings is 1. The molecule has 19 heavy (non-hydrogen) atoms. The first-order valence-corrected chi connectivity index (χ1v) is 7.79. The summed E-state index contributed by atoms with van der Waals surface area (Å²) in [6.07, 6.45) is 3.07. The van der Waals surface area contributed by atoms with E-state index < -0.39 is 10.0 Å². The van der Waals surface area contributed by atoms with Gasteiger partial charge in [0.2, 0.25) is 10.0 Å². The molecule has 1 fully saturated rings. The largest absolute Gasteiger partial charge is 0.490 e. The Morgan fingerprint density at radius 1 is 1.37 bits per heavy atom. The molecule has 104 valence electrons. The highest BCUT2D eigenvalue weighted by molar-refractivity contribution is 7.92. The summed E-state index contributed by atoms with van der Waals surface area (Å²) in [6, 6.07) is 4.85. The Morgan fingerprint density at radius 2 is 2.05 bits per heavy atom. The summed E-state index contributed by atoms with van der Waals surface area (Å²) in [5, 5.41) is 2.49. The predicted octanol–water partition coefficient (Wildman–Crippen LogP) is 0.959. The summed E-state index contributed by atoms with van der Waals surface area (Å²) in [5.74, 6) is 0.0119. The highest BCUT2D eigenvalue weighted by atomic mass is 32.2. The van der Waals surface area contributed by atoms with Gasteiger partial charge in [0.15, 0.2) is 0 Å².